The van der Waals surface area contributed by atoms with Crippen LogP contribution in [-0.4, -0.2) is 11.7 Å². The van der Waals surface area contributed by atoms with E-state index in [4.69, 9.17) is 5.73 Å². The van der Waals surface area contributed by atoms with E-state index in [1.807, 2.05) is 0 Å². The van der Waals surface area contributed by atoms with Gasteiger partial charge in [-0.1, -0.05) is 6.07 Å². The normalized spacial score (nSPS) is 13.0. The lowest BCUT2D eigenvalue weighted by molar-refractivity contribution is 0.184. The van der Waals surface area contributed by atoms with Crippen LogP contribution in [0, 0.1) is 12.7 Å². The Morgan fingerprint density at radius 2 is 2.23 bits per heavy atom. The van der Waals surface area contributed by atoms with E-state index in [0.29, 0.717) is 10.0 Å². The van der Waals surface area contributed by atoms with E-state index in [2.05, 4.69) is 15.9 Å². The fourth-order valence-corrected chi connectivity index (χ4v) is 1.90. The molecule has 1 aromatic rings. The molecule has 0 aromatic heterocycles. The van der Waals surface area contributed by atoms with Gasteiger partial charge in [0.15, 0.2) is 0 Å². The maximum atomic E-state index is 13.1. The molecule has 0 amide bonds. The molecule has 1 rings (SSSR count). The quantitative estimate of drug-likeness (QED) is 0.839. The highest BCUT2D eigenvalue weighted by atomic mass is 79.9. The molecule has 0 radical (unpaired) electrons. The fraction of sp³-hybridized carbons (Fsp3) is 0.333. The number of aliphatic hydroxyl groups is 1. The molecule has 0 aliphatic rings. The Hall–Kier alpha value is -0.450. The van der Waals surface area contributed by atoms with Crippen molar-refractivity contribution >= 4 is 15.9 Å². The summed E-state index contributed by atoms with van der Waals surface area (Å²) in [5.41, 5.74) is 6.65. The Bertz CT molecular complexity index is 317. The van der Waals surface area contributed by atoms with Crippen molar-refractivity contribution in [2.45, 2.75) is 13.0 Å². The molecular weight excluding hydrogens is 237 g/mol. The Labute approximate surface area is 84.7 Å². The second-order valence-electron chi connectivity index (χ2n) is 2.84. The molecule has 0 fully saturated rings. The minimum absolute atomic E-state index is 0.0862. The number of rotatable bonds is 2. The van der Waals surface area contributed by atoms with Gasteiger partial charge in [-0.3, -0.25) is 0 Å². The Kier molecular flexibility index (Phi) is 3.41. The van der Waals surface area contributed by atoms with Crippen LogP contribution in [0.25, 0.3) is 0 Å². The van der Waals surface area contributed by atoms with Crippen LogP contribution in [-0.2, 0) is 0 Å². The summed E-state index contributed by atoms with van der Waals surface area (Å²) in [4.78, 5) is 0. The van der Waals surface area contributed by atoms with Crippen LogP contribution in [0.4, 0.5) is 4.39 Å². The predicted molar refractivity (Wildman–Crippen MR) is 52.9 cm³/mol. The molecule has 1 unspecified atom stereocenters. The summed E-state index contributed by atoms with van der Waals surface area (Å²) in [6, 6.07) is 2.97. The molecule has 2 nitrogen and oxygen atoms in total. The van der Waals surface area contributed by atoms with Crippen molar-refractivity contribution in [2.24, 2.45) is 5.73 Å². The van der Waals surface area contributed by atoms with Gasteiger partial charge in [-0.25, -0.2) is 4.39 Å². The Balaban J connectivity index is 3.25. The molecule has 0 saturated heterocycles. The zero-order valence-corrected chi connectivity index (χ0v) is 8.81. The summed E-state index contributed by atoms with van der Waals surface area (Å²) >= 11 is 3.08. The van der Waals surface area contributed by atoms with Gasteiger partial charge in [0.1, 0.15) is 5.82 Å². The van der Waals surface area contributed by atoms with Crippen molar-refractivity contribution in [1.29, 1.82) is 0 Å². The first-order valence-electron chi connectivity index (χ1n) is 3.90. The third-order valence-electron chi connectivity index (χ3n) is 1.91. The van der Waals surface area contributed by atoms with Gasteiger partial charge in [0.25, 0.3) is 0 Å². The van der Waals surface area contributed by atoms with Crippen molar-refractivity contribution < 1.29 is 9.50 Å². The lowest BCUT2D eigenvalue weighted by atomic mass is 10.0. The number of benzene rings is 1. The van der Waals surface area contributed by atoms with Gasteiger partial charge in [0.2, 0.25) is 0 Å². The van der Waals surface area contributed by atoms with E-state index in [-0.39, 0.29) is 12.4 Å². The van der Waals surface area contributed by atoms with Crippen molar-refractivity contribution in [1.82, 2.24) is 0 Å². The first-order chi connectivity index (χ1) is 6.07. The molecule has 3 N–H and O–H groups in total. The van der Waals surface area contributed by atoms with Gasteiger partial charge >= 0.3 is 0 Å². The Morgan fingerprint density at radius 1 is 1.62 bits per heavy atom. The van der Waals surface area contributed by atoms with Crippen molar-refractivity contribution in [2.75, 3.05) is 6.54 Å². The largest absolute Gasteiger partial charge is 0.387 e. The van der Waals surface area contributed by atoms with Crippen LogP contribution in [0.3, 0.4) is 0 Å². The molecule has 0 heterocycles. The highest BCUT2D eigenvalue weighted by Gasteiger charge is 2.15. The van der Waals surface area contributed by atoms with Gasteiger partial charge < -0.3 is 10.8 Å². The van der Waals surface area contributed by atoms with E-state index in [9.17, 15) is 9.50 Å². The summed E-state index contributed by atoms with van der Waals surface area (Å²) in [6.07, 6.45) is -0.815. The van der Waals surface area contributed by atoms with Crippen LogP contribution in [0.2, 0.25) is 0 Å². The van der Waals surface area contributed by atoms with Gasteiger partial charge in [-0.2, -0.15) is 0 Å². The predicted octanol–water partition coefficient (Wildman–Crippen LogP) is 1.89. The summed E-state index contributed by atoms with van der Waals surface area (Å²) in [5.74, 6) is -0.381. The summed E-state index contributed by atoms with van der Waals surface area (Å²) in [5, 5.41) is 9.49. The lowest BCUT2D eigenvalue weighted by Gasteiger charge is -2.13. The van der Waals surface area contributed by atoms with Crippen molar-refractivity contribution in [3.63, 3.8) is 0 Å². The van der Waals surface area contributed by atoms with E-state index < -0.39 is 6.10 Å². The van der Waals surface area contributed by atoms with Crippen molar-refractivity contribution in [3.05, 3.63) is 33.5 Å². The molecule has 4 heteroatoms. The van der Waals surface area contributed by atoms with Crippen LogP contribution in [0.15, 0.2) is 16.6 Å². The molecule has 1 atom stereocenters. The number of hydrogen-bond acceptors (Lipinski definition) is 2. The van der Waals surface area contributed by atoms with Gasteiger partial charge in [-0.15, -0.1) is 0 Å². The highest BCUT2D eigenvalue weighted by molar-refractivity contribution is 9.10. The standard InChI is InChI=1S/C9H11BrFNO/c1-5-2-3-6(11)9(10)8(5)7(13)4-12/h2-3,7,13H,4,12H2,1H3. The summed E-state index contributed by atoms with van der Waals surface area (Å²) in [7, 11) is 0. The molecule has 0 bridgehead atoms. The lowest BCUT2D eigenvalue weighted by Crippen LogP contribution is -2.13. The summed E-state index contributed by atoms with van der Waals surface area (Å²) in [6.45, 7) is 1.89. The van der Waals surface area contributed by atoms with Crippen LogP contribution < -0.4 is 5.73 Å². The fourth-order valence-electron chi connectivity index (χ4n) is 1.19. The van der Waals surface area contributed by atoms with Crippen LogP contribution in [0.1, 0.15) is 17.2 Å². The first-order valence-corrected chi connectivity index (χ1v) is 4.70. The second kappa shape index (κ2) is 4.17. The van der Waals surface area contributed by atoms with Gasteiger partial charge in [-0.05, 0) is 34.5 Å². The monoisotopic (exact) mass is 247 g/mol. The molecule has 72 valence electrons. The average molecular weight is 248 g/mol. The topological polar surface area (TPSA) is 46.2 Å². The average Bonchev–Trinajstić information content (AvgIpc) is 2.12. The minimum atomic E-state index is -0.815. The molecular formula is C9H11BrFNO. The maximum absolute atomic E-state index is 13.1. The molecule has 0 aliphatic heterocycles. The molecule has 13 heavy (non-hydrogen) atoms. The first kappa shape index (κ1) is 10.6. The third kappa shape index (κ3) is 2.07. The number of nitrogens with two attached hydrogens (primary N) is 1. The number of hydrogen-bond donors (Lipinski definition) is 2. The second-order valence-corrected chi connectivity index (χ2v) is 3.64. The molecule has 0 saturated carbocycles. The number of aliphatic hydroxyl groups excluding tert-OH is 1. The number of aryl methyl sites for hydroxylation is 1. The van der Waals surface area contributed by atoms with Crippen LogP contribution >= 0.6 is 15.9 Å². The molecule has 0 aliphatic carbocycles. The van der Waals surface area contributed by atoms with Crippen molar-refractivity contribution in [3.8, 4) is 0 Å². The highest BCUT2D eigenvalue weighted by Crippen LogP contribution is 2.28. The summed E-state index contributed by atoms with van der Waals surface area (Å²) < 4.78 is 13.4. The van der Waals surface area contributed by atoms with E-state index in [1.54, 1.807) is 13.0 Å². The smallest absolute Gasteiger partial charge is 0.137 e. The number of halogens is 2. The minimum Gasteiger partial charge on any atom is -0.387 e. The maximum Gasteiger partial charge on any atom is 0.137 e. The zero-order chi connectivity index (χ0) is 10.0. The van der Waals surface area contributed by atoms with E-state index in [0.717, 1.165) is 5.56 Å². The molecule has 0 spiro atoms. The third-order valence-corrected chi connectivity index (χ3v) is 2.71. The molecule has 1 aromatic carbocycles. The van der Waals surface area contributed by atoms with E-state index in [1.165, 1.54) is 6.07 Å². The van der Waals surface area contributed by atoms with Crippen LogP contribution in [0.5, 0.6) is 0 Å². The van der Waals surface area contributed by atoms with Gasteiger partial charge in [0, 0.05) is 12.1 Å². The van der Waals surface area contributed by atoms with E-state index >= 15 is 0 Å². The van der Waals surface area contributed by atoms with Gasteiger partial charge in [0.05, 0.1) is 10.6 Å². The zero-order valence-electron chi connectivity index (χ0n) is 7.22. The SMILES string of the molecule is Cc1ccc(F)c(Br)c1C(O)CN. The Morgan fingerprint density at radius 3 is 2.77 bits per heavy atom.